The Morgan fingerprint density at radius 2 is 2.15 bits per heavy atom. The van der Waals surface area contributed by atoms with Crippen LogP contribution in [0.4, 0.5) is 8.78 Å². The minimum atomic E-state index is -1.08. The number of nitrogens with zero attached hydrogens (tertiary/aromatic N) is 2. The molecule has 1 aromatic heterocycles. The highest BCUT2D eigenvalue weighted by molar-refractivity contribution is 5.94. The smallest absolute Gasteiger partial charge is 0.251 e. The monoisotopic (exact) mass is 375 g/mol. The van der Waals surface area contributed by atoms with Crippen LogP contribution in [0, 0.1) is 11.6 Å². The highest BCUT2D eigenvalue weighted by Gasteiger charge is 2.16. The minimum Gasteiger partial charge on any atom is -0.497 e. The summed E-state index contributed by atoms with van der Waals surface area (Å²) in [6.07, 6.45) is 1.56. The lowest BCUT2D eigenvalue weighted by molar-refractivity contribution is 0.0949. The Labute approximate surface area is 154 Å². The minimum absolute atomic E-state index is 0.00709. The predicted octanol–water partition coefficient (Wildman–Crippen LogP) is 1.35. The van der Waals surface area contributed by atoms with Crippen LogP contribution in [0.5, 0.6) is 5.75 Å². The average Bonchev–Trinajstić information content (AvgIpc) is 3.21. The lowest BCUT2D eigenvalue weighted by atomic mass is 10.1. The van der Waals surface area contributed by atoms with E-state index in [9.17, 15) is 13.6 Å². The fraction of sp³-hybridized carbons (Fsp3) is 0.278. The Bertz CT molecular complexity index is 873. The van der Waals surface area contributed by atoms with Gasteiger partial charge in [-0.25, -0.2) is 8.78 Å². The molecule has 2 aromatic rings. The number of hydrogen-bond acceptors (Lipinski definition) is 6. The number of pyridine rings is 1. The van der Waals surface area contributed by atoms with Crippen molar-refractivity contribution in [3.05, 3.63) is 58.9 Å². The molecule has 0 saturated heterocycles. The molecule has 142 valence electrons. The first-order valence-corrected chi connectivity index (χ1v) is 8.34. The zero-order chi connectivity index (χ0) is 19.2. The summed E-state index contributed by atoms with van der Waals surface area (Å²) < 4.78 is 33.0. The average molecular weight is 375 g/mol. The largest absolute Gasteiger partial charge is 0.497 e. The second kappa shape index (κ2) is 8.43. The molecule has 1 aliphatic heterocycles. The fourth-order valence-electron chi connectivity index (χ4n) is 2.55. The molecule has 0 unspecified atom stereocenters. The van der Waals surface area contributed by atoms with Crippen LogP contribution in [0.2, 0.25) is 0 Å². The number of carbonyl (C=O) groups excluding carboxylic acids is 1. The summed E-state index contributed by atoms with van der Waals surface area (Å²) >= 11 is 0. The number of amides is 1. The number of halogens is 2. The Morgan fingerprint density at radius 1 is 1.30 bits per heavy atom. The SMILES string of the molecule is COc1ccnc(CNC(=O)c2cc(F)c(F)c(CNC3=NCCN3)c2)c1. The number of rotatable bonds is 6. The third-order valence-electron chi connectivity index (χ3n) is 3.94. The van der Waals surface area contributed by atoms with Crippen LogP contribution in [-0.2, 0) is 13.1 Å². The summed E-state index contributed by atoms with van der Waals surface area (Å²) in [7, 11) is 1.53. The second-order valence-electron chi connectivity index (χ2n) is 5.81. The molecule has 1 amide bonds. The van der Waals surface area contributed by atoms with Gasteiger partial charge in [0.25, 0.3) is 5.91 Å². The van der Waals surface area contributed by atoms with Crippen molar-refractivity contribution in [1.29, 1.82) is 0 Å². The Kier molecular flexibility index (Phi) is 5.80. The third-order valence-corrected chi connectivity index (χ3v) is 3.94. The molecule has 0 spiro atoms. The van der Waals surface area contributed by atoms with Gasteiger partial charge in [0.05, 0.1) is 25.9 Å². The second-order valence-corrected chi connectivity index (χ2v) is 5.81. The van der Waals surface area contributed by atoms with E-state index in [2.05, 4.69) is 25.9 Å². The van der Waals surface area contributed by atoms with Gasteiger partial charge in [0.15, 0.2) is 17.6 Å². The maximum absolute atomic E-state index is 14.0. The van der Waals surface area contributed by atoms with E-state index in [4.69, 9.17) is 4.74 Å². The summed E-state index contributed by atoms with van der Waals surface area (Å²) in [5.74, 6) is -1.48. The number of hydrogen-bond donors (Lipinski definition) is 3. The van der Waals surface area contributed by atoms with Gasteiger partial charge in [-0.1, -0.05) is 0 Å². The summed E-state index contributed by atoms with van der Waals surface area (Å²) in [6, 6.07) is 5.55. The topological polar surface area (TPSA) is 87.6 Å². The number of nitrogens with one attached hydrogen (secondary N) is 3. The fourth-order valence-corrected chi connectivity index (χ4v) is 2.55. The van der Waals surface area contributed by atoms with Gasteiger partial charge in [-0.3, -0.25) is 14.8 Å². The van der Waals surface area contributed by atoms with Gasteiger partial charge in [0, 0.05) is 36.5 Å². The van der Waals surface area contributed by atoms with E-state index in [1.165, 1.54) is 13.2 Å². The maximum atomic E-state index is 14.0. The summed E-state index contributed by atoms with van der Waals surface area (Å²) in [6.45, 7) is 1.45. The van der Waals surface area contributed by atoms with Gasteiger partial charge in [-0.2, -0.15) is 0 Å². The van der Waals surface area contributed by atoms with Crippen LogP contribution < -0.4 is 20.7 Å². The highest BCUT2D eigenvalue weighted by Crippen LogP contribution is 2.16. The van der Waals surface area contributed by atoms with Gasteiger partial charge in [-0.05, 0) is 18.2 Å². The first-order chi connectivity index (χ1) is 13.1. The molecular weight excluding hydrogens is 356 g/mol. The molecule has 3 rings (SSSR count). The van der Waals surface area contributed by atoms with E-state index in [-0.39, 0.29) is 24.2 Å². The van der Waals surface area contributed by atoms with Crippen molar-refractivity contribution in [3.63, 3.8) is 0 Å². The molecule has 0 aliphatic carbocycles. The van der Waals surface area contributed by atoms with Crippen LogP contribution in [0.1, 0.15) is 21.6 Å². The van der Waals surface area contributed by atoms with Gasteiger partial charge < -0.3 is 20.7 Å². The van der Waals surface area contributed by atoms with E-state index in [0.29, 0.717) is 30.5 Å². The normalized spacial score (nSPS) is 12.9. The molecular formula is C18H19F2N5O2. The Balaban J connectivity index is 1.68. The summed E-state index contributed by atoms with van der Waals surface area (Å²) in [5, 5.41) is 8.49. The number of benzene rings is 1. The lowest BCUT2D eigenvalue weighted by Gasteiger charge is -2.11. The van der Waals surface area contributed by atoms with Crippen molar-refractivity contribution in [2.45, 2.75) is 13.1 Å². The molecule has 27 heavy (non-hydrogen) atoms. The lowest BCUT2D eigenvalue weighted by Crippen LogP contribution is -2.33. The van der Waals surface area contributed by atoms with Crippen molar-refractivity contribution < 1.29 is 18.3 Å². The third kappa shape index (κ3) is 4.69. The molecule has 1 aromatic carbocycles. The van der Waals surface area contributed by atoms with E-state index >= 15 is 0 Å². The number of ether oxygens (including phenoxy) is 1. The number of carbonyl (C=O) groups is 1. The van der Waals surface area contributed by atoms with Crippen molar-refractivity contribution in [2.75, 3.05) is 20.2 Å². The maximum Gasteiger partial charge on any atom is 0.251 e. The van der Waals surface area contributed by atoms with Crippen molar-refractivity contribution in [3.8, 4) is 5.75 Å². The van der Waals surface area contributed by atoms with Crippen molar-refractivity contribution in [1.82, 2.24) is 20.9 Å². The quantitative estimate of drug-likeness (QED) is 0.709. The molecule has 0 atom stereocenters. The van der Waals surface area contributed by atoms with Crippen molar-refractivity contribution >= 4 is 11.9 Å². The number of guanidine groups is 1. The highest BCUT2D eigenvalue weighted by atomic mass is 19.2. The van der Waals surface area contributed by atoms with Gasteiger partial charge in [0.2, 0.25) is 0 Å². The van der Waals surface area contributed by atoms with Crippen molar-refractivity contribution in [2.24, 2.45) is 4.99 Å². The molecule has 0 bridgehead atoms. The van der Waals surface area contributed by atoms with E-state index in [1.807, 2.05) is 0 Å². The van der Waals surface area contributed by atoms with Crippen LogP contribution in [-0.4, -0.2) is 37.1 Å². The first kappa shape index (κ1) is 18.6. The molecule has 3 N–H and O–H groups in total. The molecule has 0 fully saturated rings. The van der Waals surface area contributed by atoms with E-state index in [0.717, 1.165) is 6.07 Å². The van der Waals surface area contributed by atoms with Crippen LogP contribution in [0.15, 0.2) is 35.5 Å². The van der Waals surface area contributed by atoms with Crippen LogP contribution in [0.25, 0.3) is 0 Å². The first-order valence-electron chi connectivity index (χ1n) is 8.34. The standard InChI is InChI=1S/C18H19F2N5O2/c1-27-14-2-3-21-13(8-14)10-24-17(26)11-6-12(16(20)15(19)7-11)9-25-18-22-4-5-23-18/h2-3,6-8H,4-5,9-10H2,1H3,(H,24,26)(H2,22,23,25). The molecule has 2 heterocycles. The Morgan fingerprint density at radius 3 is 2.89 bits per heavy atom. The van der Waals surface area contributed by atoms with E-state index < -0.39 is 17.5 Å². The number of aromatic nitrogens is 1. The van der Waals surface area contributed by atoms with Crippen LogP contribution in [0.3, 0.4) is 0 Å². The molecule has 0 radical (unpaired) electrons. The zero-order valence-corrected chi connectivity index (χ0v) is 14.7. The summed E-state index contributed by atoms with van der Waals surface area (Å²) in [5.41, 5.74) is 0.642. The van der Waals surface area contributed by atoms with Gasteiger partial charge in [-0.15, -0.1) is 0 Å². The molecule has 9 heteroatoms. The summed E-state index contributed by atoms with van der Waals surface area (Å²) in [4.78, 5) is 20.6. The Hall–Kier alpha value is -3.23. The molecule has 1 aliphatic rings. The van der Waals surface area contributed by atoms with Gasteiger partial charge in [0.1, 0.15) is 5.75 Å². The molecule has 7 nitrogen and oxygen atoms in total. The number of methoxy groups -OCH3 is 1. The molecule has 0 saturated carbocycles. The predicted molar refractivity (Wildman–Crippen MR) is 95.5 cm³/mol. The van der Waals surface area contributed by atoms with Gasteiger partial charge >= 0.3 is 0 Å². The van der Waals surface area contributed by atoms with Crippen LogP contribution >= 0.6 is 0 Å². The number of aliphatic imine (C=N–C) groups is 1. The zero-order valence-electron chi connectivity index (χ0n) is 14.7. The van der Waals surface area contributed by atoms with E-state index in [1.54, 1.807) is 18.3 Å².